The Bertz CT molecular complexity index is 1190. The van der Waals surface area contributed by atoms with Crippen LogP contribution in [0.3, 0.4) is 0 Å². The predicted octanol–water partition coefficient (Wildman–Crippen LogP) is 3.39. The Labute approximate surface area is 182 Å². The van der Waals surface area contributed by atoms with E-state index < -0.39 is 0 Å². The fourth-order valence-electron chi connectivity index (χ4n) is 3.54. The maximum atomic E-state index is 12.3. The molecule has 4 aromatic rings. The maximum absolute atomic E-state index is 12.3. The Morgan fingerprint density at radius 3 is 2.55 bits per heavy atom. The molecule has 0 radical (unpaired) electrons. The lowest BCUT2D eigenvalue weighted by Crippen LogP contribution is -2.19. The van der Waals surface area contributed by atoms with Crippen LogP contribution in [-0.2, 0) is 0 Å². The quantitative estimate of drug-likeness (QED) is 0.517. The van der Waals surface area contributed by atoms with Gasteiger partial charge in [-0.05, 0) is 50.1 Å². The summed E-state index contributed by atoms with van der Waals surface area (Å²) in [6.45, 7) is 1.80. The number of pyridine rings is 3. The Hall–Kier alpha value is -3.88. The average molecular weight is 421 g/mol. The lowest BCUT2D eigenvalue weighted by molar-refractivity contribution is 0.750. The molecule has 0 bridgehead atoms. The molecule has 0 atom stereocenters. The largest absolute Gasteiger partial charge is 0.367 e. The standard InChI is InChI=1S/C18H18N4O.C4H6N4.2H2/c23-17-10-7-13-4-3-11-19-18(13)22(17)15-8-9-16(20-12-15)21-14-5-1-2-6-14;1-3-2-6-4(5)8-7-3;;/h3-4,7-12,14H,1-2,5-6H2,(H,20,21);2H,1H3,(H2,5,6,8);2*1H. The Morgan fingerprint density at radius 1 is 1.03 bits per heavy atom. The van der Waals surface area contributed by atoms with E-state index in [4.69, 9.17) is 5.73 Å². The number of aryl methyl sites for hydroxylation is 1. The van der Waals surface area contributed by atoms with Gasteiger partial charge in [0.15, 0.2) is 0 Å². The first kappa shape index (κ1) is 20.4. The second-order valence-corrected chi connectivity index (χ2v) is 7.41. The first-order valence-electron chi connectivity index (χ1n) is 10.2. The molecule has 1 fully saturated rings. The molecule has 5 rings (SSSR count). The van der Waals surface area contributed by atoms with Crippen LogP contribution < -0.4 is 16.6 Å². The summed E-state index contributed by atoms with van der Waals surface area (Å²) in [5.74, 6) is 1.08. The van der Waals surface area contributed by atoms with Crippen molar-refractivity contribution < 1.29 is 2.85 Å². The number of nitrogen functional groups attached to an aromatic ring is 1. The maximum Gasteiger partial charge on any atom is 0.256 e. The molecule has 31 heavy (non-hydrogen) atoms. The van der Waals surface area contributed by atoms with Crippen molar-refractivity contribution in [3.05, 3.63) is 71.0 Å². The minimum Gasteiger partial charge on any atom is -0.367 e. The van der Waals surface area contributed by atoms with Gasteiger partial charge >= 0.3 is 0 Å². The zero-order valence-electron chi connectivity index (χ0n) is 17.3. The molecule has 4 aromatic heterocycles. The molecule has 0 amide bonds. The van der Waals surface area contributed by atoms with Crippen LogP contribution in [0, 0.1) is 6.92 Å². The van der Waals surface area contributed by atoms with Gasteiger partial charge in [-0.25, -0.2) is 15.0 Å². The summed E-state index contributed by atoms with van der Waals surface area (Å²) in [4.78, 5) is 24.8. The monoisotopic (exact) mass is 420 g/mol. The summed E-state index contributed by atoms with van der Waals surface area (Å²) in [7, 11) is 0. The van der Waals surface area contributed by atoms with Gasteiger partial charge in [0.2, 0.25) is 5.95 Å². The van der Waals surface area contributed by atoms with Crippen LogP contribution in [0.1, 0.15) is 34.2 Å². The predicted molar refractivity (Wildman–Crippen MR) is 124 cm³/mol. The van der Waals surface area contributed by atoms with E-state index >= 15 is 0 Å². The topological polar surface area (TPSA) is 124 Å². The number of nitrogens with zero attached hydrogens (tertiary/aromatic N) is 6. The Balaban J connectivity index is 0.000000331. The van der Waals surface area contributed by atoms with Crippen LogP contribution in [0.2, 0.25) is 0 Å². The number of nitrogens with two attached hydrogens (primary N) is 1. The number of anilines is 2. The third-order valence-corrected chi connectivity index (χ3v) is 5.06. The zero-order valence-corrected chi connectivity index (χ0v) is 17.3. The van der Waals surface area contributed by atoms with Crippen molar-refractivity contribution in [3.63, 3.8) is 0 Å². The fraction of sp³-hybridized carbons (Fsp3) is 0.273. The first-order chi connectivity index (χ1) is 15.1. The smallest absolute Gasteiger partial charge is 0.256 e. The van der Waals surface area contributed by atoms with Crippen molar-refractivity contribution in [1.29, 1.82) is 0 Å². The minimum atomic E-state index is -0.102. The lowest BCUT2D eigenvalue weighted by atomic mass is 10.2. The lowest BCUT2D eigenvalue weighted by Gasteiger charge is -2.13. The van der Waals surface area contributed by atoms with E-state index in [1.165, 1.54) is 25.7 Å². The van der Waals surface area contributed by atoms with E-state index in [1.807, 2.05) is 24.3 Å². The molecule has 3 N–H and O–H groups in total. The summed E-state index contributed by atoms with van der Waals surface area (Å²) in [6, 6.07) is 11.5. The third kappa shape index (κ3) is 5.00. The van der Waals surface area contributed by atoms with Gasteiger partial charge < -0.3 is 11.1 Å². The Morgan fingerprint density at radius 2 is 1.87 bits per heavy atom. The molecule has 0 unspecified atom stereocenters. The normalized spacial score (nSPS) is 13.6. The molecule has 162 valence electrons. The van der Waals surface area contributed by atoms with Gasteiger partial charge in [-0.15, -0.1) is 5.10 Å². The summed E-state index contributed by atoms with van der Waals surface area (Å²) >= 11 is 0. The number of hydrogen-bond acceptors (Lipinski definition) is 8. The van der Waals surface area contributed by atoms with Crippen LogP contribution in [0.25, 0.3) is 16.7 Å². The summed E-state index contributed by atoms with van der Waals surface area (Å²) in [5, 5.41) is 11.5. The second kappa shape index (κ2) is 9.29. The molecule has 0 aromatic carbocycles. The number of fused-ring (bicyclic) bond motifs is 1. The van der Waals surface area contributed by atoms with Crippen molar-refractivity contribution in [1.82, 2.24) is 29.7 Å². The summed E-state index contributed by atoms with van der Waals surface area (Å²) < 4.78 is 1.60. The van der Waals surface area contributed by atoms with Crippen LogP contribution in [0.15, 0.2) is 59.8 Å². The molecule has 0 aliphatic heterocycles. The van der Waals surface area contributed by atoms with Gasteiger partial charge in [0.1, 0.15) is 11.5 Å². The van der Waals surface area contributed by atoms with E-state index in [2.05, 4.69) is 30.5 Å². The second-order valence-electron chi connectivity index (χ2n) is 7.41. The highest BCUT2D eigenvalue weighted by molar-refractivity contribution is 5.76. The van der Waals surface area contributed by atoms with E-state index in [9.17, 15) is 4.79 Å². The third-order valence-electron chi connectivity index (χ3n) is 5.06. The number of hydrogen-bond donors (Lipinski definition) is 2. The minimum absolute atomic E-state index is 0. The summed E-state index contributed by atoms with van der Waals surface area (Å²) in [5.41, 5.74) is 7.20. The molecule has 0 spiro atoms. The van der Waals surface area contributed by atoms with Gasteiger partial charge in [-0.2, -0.15) is 5.10 Å². The average Bonchev–Trinajstić information content (AvgIpc) is 3.30. The van der Waals surface area contributed by atoms with Gasteiger partial charge in [-0.3, -0.25) is 9.36 Å². The van der Waals surface area contributed by atoms with Crippen LogP contribution in [0.4, 0.5) is 11.8 Å². The van der Waals surface area contributed by atoms with Gasteiger partial charge in [-0.1, -0.05) is 12.8 Å². The van der Waals surface area contributed by atoms with Gasteiger partial charge in [0, 0.05) is 26.5 Å². The molecule has 1 aliphatic rings. The van der Waals surface area contributed by atoms with Crippen molar-refractivity contribution in [2.45, 2.75) is 38.6 Å². The molecular formula is C22H28N8O. The highest BCUT2D eigenvalue weighted by atomic mass is 16.1. The Kier molecular flexibility index (Phi) is 6.11. The van der Waals surface area contributed by atoms with Gasteiger partial charge in [0.25, 0.3) is 5.56 Å². The fourth-order valence-corrected chi connectivity index (χ4v) is 3.54. The van der Waals surface area contributed by atoms with Crippen LogP contribution in [0.5, 0.6) is 0 Å². The van der Waals surface area contributed by atoms with E-state index in [1.54, 1.807) is 42.2 Å². The molecule has 9 nitrogen and oxygen atoms in total. The molecule has 1 aliphatic carbocycles. The van der Waals surface area contributed by atoms with Crippen molar-refractivity contribution in [2.75, 3.05) is 11.1 Å². The van der Waals surface area contributed by atoms with Crippen LogP contribution >= 0.6 is 0 Å². The molecule has 0 saturated heterocycles. The highest BCUT2D eigenvalue weighted by Gasteiger charge is 2.15. The molecule has 9 heteroatoms. The van der Waals surface area contributed by atoms with Crippen LogP contribution in [-0.4, -0.2) is 35.8 Å². The van der Waals surface area contributed by atoms with E-state index in [0.29, 0.717) is 11.7 Å². The van der Waals surface area contributed by atoms with E-state index in [-0.39, 0.29) is 14.4 Å². The number of rotatable bonds is 3. The SMILES string of the molecule is Cc1cnc(N)nn1.O=c1ccc2cccnc2n1-c1ccc(NC2CCCC2)nc1.[HH].[HH]. The number of nitrogens with one attached hydrogen (secondary N) is 1. The van der Waals surface area contributed by atoms with Crippen molar-refractivity contribution in [3.8, 4) is 5.69 Å². The van der Waals surface area contributed by atoms with Crippen molar-refractivity contribution >= 4 is 22.8 Å². The van der Waals surface area contributed by atoms with Gasteiger partial charge in [0.05, 0.1) is 23.8 Å². The first-order valence-corrected chi connectivity index (χ1v) is 10.2. The number of aromatic nitrogens is 6. The van der Waals surface area contributed by atoms with E-state index in [0.717, 1.165) is 22.6 Å². The molecular weight excluding hydrogens is 392 g/mol. The highest BCUT2D eigenvalue weighted by Crippen LogP contribution is 2.22. The summed E-state index contributed by atoms with van der Waals surface area (Å²) in [6.07, 6.45) is 9.97. The zero-order chi connectivity index (χ0) is 21.6. The molecule has 4 heterocycles. The molecule has 1 saturated carbocycles. The van der Waals surface area contributed by atoms with Crippen molar-refractivity contribution in [2.24, 2.45) is 0 Å².